The molecular weight excluding hydrogens is 300 g/mol. The molecule has 2 aromatic rings. The van der Waals surface area contributed by atoms with E-state index in [-0.39, 0.29) is 5.91 Å². The molecule has 0 heterocycles. The fourth-order valence-electron chi connectivity index (χ4n) is 1.83. The summed E-state index contributed by atoms with van der Waals surface area (Å²) in [5.41, 5.74) is 1.89. The van der Waals surface area contributed by atoms with Crippen LogP contribution in [0.4, 0.5) is 11.4 Å². The number of benzene rings is 2. The van der Waals surface area contributed by atoms with Gasteiger partial charge >= 0.3 is 0 Å². The van der Waals surface area contributed by atoms with Gasteiger partial charge in [-0.15, -0.1) is 6.42 Å². The zero-order chi connectivity index (χ0) is 16.2. The van der Waals surface area contributed by atoms with Crippen molar-refractivity contribution in [3.05, 3.63) is 59.7 Å². The van der Waals surface area contributed by atoms with Gasteiger partial charge in [0.1, 0.15) is 0 Å². The number of anilines is 2. The zero-order valence-electron chi connectivity index (χ0n) is 11.8. The van der Waals surface area contributed by atoms with Gasteiger partial charge in [0.25, 0.3) is 5.91 Å². The second-order valence-electron chi connectivity index (χ2n) is 4.63. The van der Waals surface area contributed by atoms with Crippen molar-refractivity contribution in [2.24, 2.45) is 0 Å². The van der Waals surface area contributed by atoms with E-state index in [0.29, 0.717) is 22.5 Å². The number of terminal acetylenes is 1. The Morgan fingerprint density at radius 3 is 2.45 bits per heavy atom. The molecule has 0 aliphatic rings. The average Bonchev–Trinajstić information content (AvgIpc) is 2.46. The van der Waals surface area contributed by atoms with Crippen molar-refractivity contribution in [3.63, 3.8) is 0 Å². The summed E-state index contributed by atoms with van der Waals surface area (Å²) in [6.45, 7) is 0. The van der Waals surface area contributed by atoms with E-state index >= 15 is 0 Å². The Kier molecular flexibility index (Phi) is 4.49. The minimum atomic E-state index is -3.39. The maximum Gasteiger partial charge on any atom is 0.255 e. The van der Waals surface area contributed by atoms with Crippen LogP contribution >= 0.6 is 0 Å². The van der Waals surface area contributed by atoms with Crippen LogP contribution in [0.3, 0.4) is 0 Å². The summed E-state index contributed by atoms with van der Waals surface area (Å²) in [5, 5.41) is 2.71. The van der Waals surface area contributed by atoms with Crippen molar-refractivity contribution in [2.45, 2.75) is 0 Å². The third kappa shape index (κ3) is 4.36. The van der Waals surface area contributed by atoms with E-state index in [2.05, 4.69) is 16.0 Å². The Morgan fingerprint density at radius 1 is 1.09 bits per heavy atom. The first kappa shape index (κ1) is 15.6. The quantitative estimate of drug-likeness (QED) is 0.850. The Labute approximate surface area is 129 Å². The van der Waals surface area contributed by atoms with Crippen LogP contribution in [0.1, 0.15) is 15.9 Å². The molecule has 0 aliphatic heterocycles. The zero-order valence-corrected chi connectivity index (χ0v) is 12.6. The standard InChI is InChI=1S/C16H14N2O3S/c1-3-12-6-4-8-14(10-12)17-16(19)13-7-5-9-15(11-13)18-22(2,20)21/h1,4-11,18H,2H3,(H,17,19). The molecule has 2 aromatic carbocycles. The second kappa shape index (κ2) is 6.33. The van der Waals surface area contributed by atoms with Crippen LogP contribution in [0.25, 0.3) is 0 Å². The van der Waals surface area contributed by atoms with Gasteiger partial charge in [0.15, 0.2) is 0 Å². The molecule has 2 N–H and O–H groups in total. The summed E-state index contributed by atoms with van der Waals surface area (Å²) < 4.78 is 24.8. The summed E-state index contributed by atoms with van der Waals surface area (Å²) in [6.07, 6.45) is 6.36. The molecule has 0 atom stereocenters. The summed E-state index contributed by atoms with van der Waals surface area (Å²) in [7, 11) is -3.39. The molecule has 0 saturated heterocycles. The highest BCUT2D eigenvalue weighted by molar-refractivity contribution is 7.92. The molecule has 0 fully saturated rings. The van der Waals surface area contributed by atoms with Gasteiger partial charge in [0.2, 0.25) is 10.0 Å². The number of amides is 1. The molecule has 0 spiro atoms. The molecular formula is C16H14N2O3S. The van der Waals surface area contributed by atoms with Crippen LogP contribution in [-0.2, 0) is 10.0 Å². The molecule has 5 nitrogen and oxygen atoms in total. The highest BCUT2D eigenvalue weighted by Gasteiger charge is 2.09. The van der Waals surface area contributed by atoms with Crippen LogP contribution in [0.5, 0.6) is 0 Å². The smallest absolute Gasteiger partial charge is 0.255 e. The van der Waals surface area contributed by atoms with E-state index < -0.39 is 10.0 Å². The number of carbonyl (C=O) groups excluding carboxylic acids is 1. The number of nitrogens with one attached hydrogen (secondary N) is 2. The van der Waals surface area contributed by atoms with Crippen molar-refractivity contribution in [1.82, 2.24) is 0 Å². The predicted molar refractivity (Wildman–Crippen MR) is 87.2 cm³/mol. The van der Waals surface area contributed by atoms with E-state index in [0.717, 1.165) is 6.26 Å². The molecule has 1 amide bonds. The molecule has 0 saturated carbocycles. The van der Waals surface area contributed by atoms with E-state index in [1.165, 1.54) is 6.07 Å². The van der Waals surface area contributed by atoms with Gasteiger partial charge in [0.05, 0.1) is 6.26 Å². The second-order valence-corrected chi connectivity index (χ2v) is 6.38. The Bertz CT molecular complexity index is 852. The van der Waals surface area contributed by atoms with Crippen molar-refractivity contribution >= 4 is 27.3 Å². The van der Waals surface area contributed by atoms with Gasteiger partial charge in [-0.3, -0.25) is 9.52 Å². The Balaban J connectivity index is 2.19. The number of sulfonamides is 1. The summed E-state index contributed by atoms with van der Waals surface area (Å²) >= 11 is 0. The SMILES string of the molecule is C#Cc1cccc(NC(=O)c2cccc(NS(C)(=O)=O)c2)c1. The number of carbonyl (C=O) groups is 1. The highest BCUT2D eigenvalue weighted by Crippen LogP contribution is 2.15. The summed E-state index contributed by atoms with van der Waals surface area (Å²) in [6, 6.07) is 13.1. The van der Waals surface area contributed by atoms with Crippen molar-refractivity contribution < 1.29 is 13.2 Å². The Morgan fingerprint density at radius 2 is 1.77 bits per heavy atom. The maximum absolute atomic E-state index is 12.2. The van der Waals surface area contributed by atoms with Gasteiger partial charge in [-0.1, -0.05) is 18.1 Å². The van der Waals surface area contributed by atoms with Crippen molar-refractivity contribution in [1.29, 1.82) is 0 Å². The third-order valence-electron chi connectivity index (χ3n) is 2.72. The van der Waals surface area contributed by atoms with E-state index in [4.69, 9.17) is 6.42 Å². The largest absolute Gasteiger partial charge is 0.322 e. The van der Waals surface area contributed by atoms with Crippen LogP contribution in [0.15, 0.2) is 48.5 Å². The number of hydrogen-bond donors (Lipinski definition) is 2. The lowest BCUT2D eigenvalue weighted by Crippen LogP contribution is -2.14. The molecule has 0 aromatic heterocycles. The minimum absolute atomic E-state index is 0.326. The fourth-order valence-corrected chi connectivity index (χ4v) is 2.38. The molecule has 0 radical (unpaired) electrons. The third-order valence-corrected chi connectivity index (χ3v) is 3.32. The fraction of sp³-hybridized carbons (Fsp3) is 0.0625. The molecule has 0 unspecified atom stereocenters. The molecule has 0 aliphatic carbocycles. The monoisotopic (exact) mass is 314 g/mol. The van der Waals surface area contributed by atoms with Gasteiger partial charge in [-0.2, -0.15) is 0 Å². The minimum Gasteiger partial charge on any atom is -0.322 e. The highest BCUT2D eigenvalue weighted by atomic mass is 32.2. The van der Waals surface area contributed by atoms with Crippen LogP contribution in [0, 0.1) is 12.3 Å². The Hall–Kier alpha value is -2.78. The lowest BCUT2D eigenvalue weighted by atomic mass is 10.1. The lowest BCUT2D eigenvalue weighted by molar-refractivity contribution is 0.102. The van der Waals surface area contributed by atoms with E-state index in [1.807, 2.05) is 0 Å². The van der Waals surface area contributed by atoms with Crippen LogP contribution in [0.2, 0.25) is 0 Å². The number of rotatable bonds is 4. The average molecular weight is 314 g/mol. The predicted octanol–water partition coefficient (Wildman–Crippen LogP) is 2.29. The molecule has 0 bridgehead atoms. The molecule has 112 valence electrons. The lowest BCUT2D eigenvalue weighted by Gasteiger charge is -2.08. The first-order chi connectivity index (χ1) is 10.4. The molecule has 6 heteroatoms. The molecule has 22 heavy (non-hydrogen) atoms. The first-order valence-corrected chi connectivity index (χ1v) is 8.22. The molecule has 2 rings (SSSR count). The maximum atomic E-state index is 12.2. The van der Waals surface area contributed by atoms with Crippen LogP contribution in [-0.4, -0.2) is 20.6 Å². The van der Waals surface area contributed by atoms with Gasteiger partial charge in [-0.25, -0.2) is 8.42 Å². The van der Waals surface area contributed by atoms with Crippen LogP contribution < -0.4 is 10.0 Å². The normalized spacial score (nSPS) is 10.5. The first-order valence-electron chi connectivity index (χ1n) is 6.33. The van der Waals surface area contributed by atoms with E-state index in [1.54, 1.807) is 42.5 Å². The van der Waals surface area contributed by atoms with Crippen molar-refractivity contribution in [2.75, 3.05) is 16.3 Å². The number of hydrogen-bond acceptors (Lipinski definition) is 3. The topological polar surface area (TPSA) is 75.3 Å². The van der Waals surface area contributed by atoms with Crippen molar-refractivity contribution in [3.8, 4) is 12.3 Å². The van der Waals surface area contributed by atoms with Gasteiger partial charge < -0.3 is 5.32 Å². The van der Waals surface area contributed by atoms with Gasteiger partial charge in [0, 0.05) is 22.5 Å². The summed E-state index contributed by atoms with van der Waals surface area (Å²) in [5.74, 6) is 2.13. The van der Waals surface area contributed by atoms with E-state index in [9.17, 15) is 13.2 Å². The van der Waals surface area contributed by atoms with Gasteiger partial charge in [-0.05, 0) is 36.4 Å². The summed E-state index contributed by atoms with van der Waals surface area (Å²) in [4.78, 5) is 12.2.